The van der Waals surface area contributed by atoms with Gasteiger partial charge in [-0.25, -0.2) is 0 Å². The zero-order valence-electron chi connectivity index (χ0n) is 8.54. The van der Waals surface area contributed by atoms with E-state index in [1.54, 1.807) is 0 Å². The van der Waals surface area contributed by atoms with Gasteiger partial charge in [-0.3, -0.25) is 0 Å². The molecule has 68 valence electrons. The van der Waals surface area contributed by atoms with Crippen LogP contribution in [-0.4, -0.2) is 0 Å². The fraction of sp³-hybridized carbons (Fsp3) is 0.385. The molecule has 0 amide bonds. The van der Waals surface area contributed by atoms with Crippen LogP contribution in [0.15, 0.2) is 24.3 Å². The molecular weight excluding hydrogens is 156 g/mol. The van der Waals surface area contributed by atoms with Crippen molar-refractivity contribution < 1.29 is 0 Å². The average molecular weight is 172 g/mol. The van der Waals surface area contributed by atoms with Crippen LogP contribution in [0, 0.1) is 12.8 Å². The summed E-state index contributed by atoms with van der Waals surface area (Å²) in [4.78, 5) is 0. The van der Waals surface area contributed by atoms with E-state index in [1.807, 2.05) is 0 Å². The fourth-order valence-corrected chi connectivity index (χ4v) is 2.16. The van der Waals surface area contributed by atoms with Gasteiger partial charge >= 0.3 is 0 Å². The van der Waals surface area contributed by atoms with Crippen molar-refractivity contribution in [2.24, 2.45) is 5.92 Å². The molecule has 0 saturated heterocycles. The summed E-state index contributed by atoms with van der Waals surface area (Å²) in [6.45, 7) is 6.82. The smallest absolute Gasteiger partial charge is 0.0121 e. The van der Waals surface area contributed by atoms with Gasteiger partial charge in [0.25, 0.3) is 0 Å². The Morgan fingerprint density at radius 3 is 2.69 bits per heavy atom. The number of aryl methyl sites for hydroxylation is 1. The standard InChI is InChI=1S/C13H16/c1-9-7-8-12-6-4-5-10(2)13(12)11(9)3/h4-9,11H,1-3H3. The van der Waals surface area contributed by atoms with E-state index in [1.165, 1.54) is 16.7 Å². The molecular formula is C13H16. The average Bonchev–Trinajstić information content (AvgIpc) is 2.12. The van der Waals surface area contributed by atoms with Crippen LogP contribution in [0.1, 0.15) is 36.5 Å². The van der Waals surface area contributed by atoms with E-state index in [0.717, 1.165) is 0 Å². The molecule has 0 fully saturated rings. The van der Waals surface area contributed by atoms with Crippen LogP contribution in [0.4, 0.5) is 0 Å². The molecule has 13 heavy (non-hydrogen) atoms. The van der Waals surface area contributed by atoms with E-state index in [2.05, 4.69) is 51.1 Å². The lowest BCUT2D eigenvalue weighted by molar-refractivity contribution is 0.583. The van der Waals surface area contributed by atoms with Crippen LogP contribution in [0.3, 0.4) is 0 Å². The number of benzene rings is 1. The fourth-order valence-electron chi connectivity index (χ4n) is 2.16. The van der Waals surface area contributed by atoms with Gasteiger partial charge in [-0.2, -0.15) is 0 Å². The number of hydrogen-bond acceptors (Lipinski definition) is 0. The molecule has 0 aliphatic heterocycles. The molecule has 1 aliphatic rings. The summed E-state index contributed by atoms with van der Waals surface area (Å²) in [7, 11) is 0. The van der Waals surface area contributed by atoms with Gasteiger partial charge in [-0.1, -0.05) is 44.2 Å². The highest BCUT2D eigenvalue weighted by Gasteiger charge is 2.19. The maximum atomic E-state index is 2.32. The lowest BCUT2D eigenvalue weighted by Gasteiger charge is -2.25. The maximum Gasteiger partial charge on any atom is -0.0121 e. The van der Waals surface area contributed by atoms with E-state index in [4.69, 9.17) is 0 Å². The van der Waals surface area contributed by atoms with Crippen molar-refractivity contribution in [3.8, 4) is 0 Å². The van der Waals surface area contributed by atoms with Gasteiger partial charge in [0.05, 0.1) is 0 Å². The first-order chi connectivity index (χ1) is 6.20. The second-order valence-corrected chi connectivity index (χ2v) is 4.08. The molecule has 0 heteroatoms. The van der Waals surface area contributed by atoms with E-state index >= 15 is 0 Å². The summed E-state index contributed by atoms with van der Waals surface area (Å²) in [6, 6.07) is 6.56. The summed E-state index contributed by atoms with van der Waals surface area (Å²) in [5.74, 6) is 1.34. The Bertz CT molecular complexity index is 347. The molecule has 0 bridgehead atoms. The topological polar surface area (TPSA) is 0 Å². The molecule has 0 radical (unpaired) electrons. The van der Waals surface area contributed by atoms with Crippen molar-refractivity contribution in [2.45, 2.75) is 26.7 Å². The summed E-state index contributed by atoms with van der Waals surface area (Å²) in [5, 5.41) is 0. The van der Waals surface area contributed by atoms with Crippen LogP contribution < -0.4 is 0 Å². The SMILES string of the molecule is Cc1cccc2c1C(C)C(C)C=C2. The molecule has 0 heterocycles. The van der Waals surface area contributed by atoms with Gasteiger partial charge in [-0.15, -0.1) is 0 Å². The predicted octanol–water partition coefficient (Wildman–Crippen LogP) is 3.76. The Morgan fingerprint density at radius 1 is 1.15 bits per heavy atom. The van der Waals surface area contributed by atoms with Crippen LogP contribution in [-0.2, 0) is 0 Å². The summed E-state index contributed by atoms with van der Waals surface area (Å²) >= 11 is 0. The number of rotatable bonds is 0. The van der Waals surface area contributed by atoms with Gasteiger partial charge in [-0.05, 0) is 35.4 Å². The van der Waals surface area contributed by atoms with Crippen LogP contribution in [0.5, 0.6) is 0 Å². The molecule has 0 spiro atoms. The number of allylic oxidation sites excluding steroid dienone is 1. The minimum Gasteiger partial charge on any atom is -0.0805 e. The molecule has 2 rings (SSSR count). The van der Waals surface area contributed by atoms with Crippen molar-refractivity contribution in [1.82, 2.24) is 0 Å². The second kappa shape index (κ2) is 3.02. The maximum absolute atomic E-state index is 2.32. The van der Waals surface area contributed by atoms with Gasteiger partial charge < -0.3 is 0 Å². The normalized spacial score (nSPS) is 25.8. The van der Waals surface area contributed by atoms with Crippen LogP contribution >= 0.6 is 0 Å². The van der Waals surface area contributed by atoms with Gasteiger partial charge in [0.2, 0.25) is 0 Å². The van der Waals surface area contributed by atoms with E-state index < -0.39 is 0 Å². The molecule has 0 saturated carbocycles. The van der Waals surface area contributed by atoms with E-state index in [-0.39, 0.29) is 0 Å². The third kappa shape index (κ3) is 1.31. The molecule has 0 aromatic heterocycles. The molecule has 1 aromatic carbocycles. The van der Waals surface area contributed by atoms with Crippen molar-refractivity contribution in [3.05, 3.63) is 41.0 Å². The third-order valence-corrected chi connectivity index (χ3v) is 3.18. The van der Waals surface area contributed by atoms with Crippen LogP contribution in [0.25, 0.3) is 6.08 Å². The zero-order valence-corrected chi connectivity index (χ0v) is 8.54. The first-order valence-corrected chi connectivity index (χ1v) is 4.98. The quantitative estimate of drug-likeness (QED) is 0.559. The Kier molecular flexibility index (Phi) is 1.99. The van der Waals surface area contributed by atoms with Crippen molar-refractivity contribution >= 4 is 6.08 Å². The summed E-state index contributed by atoms with van der Waals surface area (Å²) in [5.41, 5.74) is 4.38. The van der Waals surface area contributed by atoms with Gasteiger partial charge in [0, 0.05) is 0 Å². The molecule has 1 aromatic rings. The summed E-state index contributed by atoms with van der Waals surface area (Å²) < 4.78 is 0. The predicted molar refractivity (Wildman–Crippen MR) is 57.8 cm³/mol. The largest absolute Gasteiger partial charge is 0.0805 e. The number of hydrogen-bond donors (Lipinski definition) is 0. The minimum atomic E-state index is 0.668. The van der Waals surface area contributed by atoms with Crippen LogP contribution in [0.2, 0.25) is 0 Å². The van der Waals surface area contributed by atoms with Crippen molar-refractivity contribution in [3.63, 3.8) is 0 Å². The first kappa shape index (κ1) is 8.55. The molecule has 1 aliphatic carbocycles. The Labute approximate surface area is 80.3 Å². The highest BCUT2D eigenvalue weighted by Crippen LogP contribution is 2.35. The highest BCUT2D eigenvalue weighted by atomic mass is 14.2. The van der Waals surface area contributed by atoms with Crippen molar-refractivity contribution in [1.29, 1.82) is 0 Å². The lowest BCUT2D eigenvalue weighted by Crippen LogP contribution is -2.10. The van der Waals surface area contributed by atoms with Crippen molar-refractivity contribution in [2.75, 3.05) is 0 Å². The molecule has 2 unspecified atom stereocenters. The third-order valence-electron chi connectivity index (χ3n) is 3.18. The Morgan fingerprint density at radius 2 is 1.92 bits per heavy atom. The van der Waals surface area contributed by atoms with E-state index in [0.29, 0.717) is 11.8 Å². The van der Waals surface area contributed by atoms with Gasteiger partial charge in [0.15, 0.2) is 0 Å². The Hall–Kier alpha value is -1.04. The molecule has 2 atom stereocenters. The first-order valence-electron chi connectivity index (χ1n) is 4.98. The lowest BCUT2D eigenvalue weighted by atomic mass is 9.79. The second-order valence-electron chi connectivity index (χ2n) is 4.08. The molecule has 0 N–H and O–H groups in total. The van der Waals surface area contributed by atoms with E-state index in [9.17, 15) is 0 Å². The number of fused-ring (bicyclic) bond motifs is 1. The van der Waals surface area contributed by atoms with Gasteiger partial charge in [0.1, 0.15) is 0 Å². The molecule has 0 nitrogen and oxygen atoms in total. The highest BCUT2D eigenvalue weighted by molar-refractivity contribution is 5.60. The monoisotopic (exact) mass is 172 g/mol. The zero-order chi connectivity index (χ0) is 9.42. The Balaban J connectivity index is 2.60. The minimum absolute atomic E-state index is 0.668. The summed E-state index contributed by atoms with van der Waals surface area (Å²) in [6.07, 6.45) is 4.57.